The summed E-state index contributed by atoms with van der Waals surface area (Å²) in [5.74, 6) is 0.479. The zero-order valence-electron chi connectivity index (χ0n) is 15.9. The molecule has 0 unspecified atom stereocenters. The van der Waals surface area contributed by atoms with Crippen molar-refractivity contribution >= 4 is 5.78 Å². The van der Waals surface area contributed by atoms with Crippen LogP contribution in [0.3, 0.4) is 0 Å². The number of rotatable bonds is 18. The number of ether oxygens (including phenoxy) is 2. The van der Waals surface area contributed by atoms with Gasteiger partial charge in [0.25, 0.3) is 0 Å². The summed E-state index contributed by atoms with van der Waals surface area (Å²) in [5, 5.41) is 0. The van der Waals surface area contributed by atoms with Crippen LogP contribution < -0.4 is 0 Å². The van der Waals surface area contributed by atoms with Crippen molar-refractivity contribution in [3.8, 4) is 0 Å². The van der Waals surface area contributed by atoms with E-state index in [-0.39, 0.29) is 6.29 Å². The van der Waals surface area contributed by atoms with Crippen LogP contribution in [-0.2, 0) is 14.3 Å². The van der Waals surface area contributed by atoms with Crippen molar-refractivity contribution in [2.24, 2.45) is 0 Å². The van der Waals surface area contributed by atoms with Gasteiger partial charge in [-0.05, 0) is 25.7 Å². The molecule has 0 radical (unpaired) electrons. The van der Waals surface area contributed by atoms with Crippen molar-refractivity contribution in [3.05, 3.63) is 0 Å². The van der Waals surface area contributed by atoms with E-state index < -0.39 is 0 Å². The SMILES string of the molecule is CCCCCCC(=O)CCCCCCCCCCC(OC)OC. The van der Waals surface area contributed by atoms with Crippen molar-refractivity contribution in [2.75, 3.05) is 14.2 Å². The van der Waals surface area contributed by atoms with Crippen LogP contribution in [0.2, 0.25) is 0 Å². The van der Waals surface area contributed by atoms with Crippen molar-refractivity contribution < 1.29 is 14.3 Å². The number of hydrogen-bond acceptors (Lipinski definition) is 3. The van der Waals surface area contributed by atoms with E-state index in [4.69, 9.17) is 9.47 Å². The molecule has 0 rings (SSSR count). The van der Waals surface area contributed by atoms with E-state index in [2.05, 4.69) is 6.92 Å². The number of Topliss-reactive ketones (excluding diaryl/α,β-unsaturated/α-hetero) is 1. The summed E-state index contributed by atoms with van der Waals surface area (Å²) in [7, 11) is 3.40. The Morgan fingerprint density at radius 1 is 0.696 bits per heavy atom. The molecule has 138 valence electrons. The van der Waals surface area contributed by atoms with E-state index in [1.807, 2.05) is 0 Å². The summed E-state index contributed by atoms with van der Waals surface area (Å²) in [4.78, 5) is 11.7. The second-order valence-corrected chi connectivity index (χ2v) is 6.62. The number of hydrogen-bond donors (Lipinski definition) is 0. The fourth-order valence-corrected chi connectivity index (χ4v) is 2.90. The van der Waals surface area contributed by atoms with E-state index in [0.717, 1.165) is 32.1 Å². The quantitative estimate of drug-likeness (QED) is 0.227. The maximum absolute atomic E-state index is 11.7. The Morgan fingerprint density at radius 3 is 1.61 bits per heavy atom. The summed E-state index contributed by atoms with van der Waals surface area (Å²) >= 11 is 0. The fraction of sp³-hybridized carbons (Fsp3) is 0.950. The Morgan fingerprint density at radius 2 is 1.13 bits per heavy atom. The predicted molar refractivity (Wildman–Crippen MR) is 97.7 cm³/mol. The average Bonchev–Trinajstić information content (AvgIpc) is 2.57. The number of methoxy groups -OCH3 is 2. The van der Waals surface area contributed by atoms with Crippen molar-refractivity contribution in [2.45, 2.75) is 110 Å². The number of carbonyl (C=O) groups is 1. The molecule has 0 aromatic heterocycles. The smallest absolute Gasteiger partial charge is 0.156 e. The van der Waals surface area contributed by atoms with E-state index in [0.29, 0.717) is 5.78 Å². The summed E-state index contributed by atoms with van der Waals surface area (Å²) in [6, 6.07) is 0. The minimum absolute atomic E-state index is 0.0329. The zero-order chi connectivity index (χ0) is 17.2. The Hall–Kier alpha value is -0.410. The van der Waals surface area contributed by atoms with Gasteiger partial charge in [0.05, 0.1) is 0 Å². The first kappa shape index (κ1) is 22.6. The molecule has 0 bridgehead atoms. The Balaban J connectivity index is 3.19. The minimum Gasteiger partial charge on any atom is -0.356 e. The Kier molecular flexibility index (Phi) is 17.6. The van der Waals surface area contributed by atoms with Crippen LogP contribution in [0.5, 0.6) is 0 Å². The topological polar surface area (TPSA) is 35.5 Å². The summed E-state index contributed by atoms with van der Waals surface area (Å²) in [6.45, 7) is 2.21. The lowest BCUT2D eigenvalue weighted by molar-refractivity contribution is -0.119. The highest BCUT2D eigenvalue weighted by Gasteiger charge is 2.04. The first-order valence-corrected chi connectivity index (χ1v) is 9.81. The third-order valence-corrected chi connectivity index (χ3v) is 4.48. The highest BCUT2D eigenvalue weighted by Crippen LogP contribution is 2.13. The summed E-state index contributed by atoms with van der Waals surface area (Å²) in [6.07, 6.45) is 17.4. The molecule has 0 aliphatic rings. The lowest BCUT2D eigenvalue weighted by Gasteiger charge is -2.12. The number of carbonyl (C=O) groups excluding carboxylic acids is 1. The molecule has 0 aliphatic carbocycles. The monoisotopic (exact) mass is 328 g/mol. The van der Waals surface area contributed by atoms with E-state index >= 15 is 0 Å². The molecule has 0 heterocycles. The Bertz CT molecular complexity index is 249. The summed E-state index contributed by atoms with van der Waals surface area (Å²) in [5.41, 5.74) is 0. The Labute approximate surface area is 144 Å². The van der Waals surface area contributed by atoms with Gasteiger partial charge >= 0.3 is 0 Å². The molecule has 0 aliphatic heterocycles. The first-order valence-electron chi connectivity index (χ1n) is 9.81. The maximum atomic E-state index is 11.7. The maximum Gasteiger partial charge on any atom is 0.156 e. The molecule has 0 N–H and O–H groups in total. The second-order valence-electron chi connectivity index (χ2n) is 6.62. The van der Waals surface area contributed by atoms with Crippen LogP contribution in [0, 0.1) is 0 Å². The fourth-order valence-electron chi connectivity index (χ4n) is 2.90. The lowest BCUT2D eigenvalue weighted by Crippen LogP contribution is -2.12. The van der Waals surface area contributed by atoms with Gasteiger partial charge in [0.15, 0.2) is 6.29 Å². The van der Waals surface area contributed by atoms with Gasteiger partial charge < -0.3 is 9.47 Å². The molecule has 0 fully saturated rings. The van der Waals surface area contributed by atoms with Crippen molar-refractivity contribution in [3.63, 3.8) is 0 Å². The van der Waals surface area contributed by atoms with Gasteiger partial charge in [0.1, 0.15) is 5.78 Å². The van der Waals surface area contributed by atoms with Crippen molar-refractivity contribution in [1.29, 1.82) is 0 Å². The molecule has 0 atom stereocenters. The summed E-state index contributed by atoms with van der Waals surface area (Å²) < 4.78 is 10.4. The molecular weight excluding hydrogens is 288 g/mol. The lowest BCUT2D eigenvalue weighted by atomic mass is 10.0. The first-order chi connectivity index (χ1) is 11.2. The molecule has 0 saturated heterocycles. The van der Waals surface area contributed by atoms with E-state index in [9.17, 15) is 4.79 Å². The van der Waals surface area contributed by atoms with Crippen LogP contribution >= 0.6 is 0 Å². The normalized spacial score (nSPS) is 11.3. The predicted octanol–water partition coefficient (Wildman–Crippen LogP) is 6.05. The second kappa shape index (κ2) is 17.9. The van der Waals surface area contributed by atoms with Crippen LogP contribution in [0.1, 0.15) is 103 Å². The molecule has 0 saturated carbocycles. The van der Waals surface area contributed by atoms with Crippen LogP contribution in [0.15, 0.2) is 0 Å². The zero-order valence-corrected chi connectivity index (χ0v) is 15.9. The molecule has 23 heavy (non-hydrogen) atoms. The van der Waals surface area contributed by atoms with Gasteiger partial charge in [0, 0.05) is 27.1 Å². The molecule has 0 spiro atoms. The molecule has 0 amide bonds. The average molecular weight is 329 g/mol. The third kappa shape index (κ3) is 16.2. The van der Waals surface area contributed by atoms with Crippen LogP contribution in [0.25, 0.3) is 0 Å². The number of ketones is 1. The highest BCUT2D eigenvalue weighted by molar-refractivity contribution is 5.78. The minimum atomic E-state index is -0.0329. The third-order valence-electron chi connectivity index (χ3n) is 4.48. The van der Waals surface area contributed by atoms with Gasteiger partial charge in [-0.15, -0.1) is 0 Å². The van der Waals surface area contributed by atoms with Gasteiger partial charge in [-0.25, -0.2) is 0 Å². The van der Waals surface area contributed by atoms with Gasteiger partial charge in [-0.3, -0.25) is 4.79 Å². The highest BCUT2D eigenvalue weighted by atomic mass is 16.7. The molecular formula is C20H40O3. The molecule has 3 nitrogen and oxygen atoms in total. The van der Waals surface area contributed by atoms with Gasteiger partial charge in [0.2, 0.25) is 0 Å². The molecule has 0 aromatic carbocycles. The van der Waals surface area contributed by atoms with Crippen LogP contribution in [-0.4, -0.2) is 26.3 Å². The molecule has 3 heteroatoms. The van der Waals surface area contributed by atoms with Gasteiger partial charge in [-0.2, -0.15) is 0 Å². The van der Waals surface area contributed by atoms with Crippen molar-refractivity contribution in [1.82, 2.24) is 0 Å². The van der Waals surface area contributed by atoms with Gasteiger partial charge in [-0.1, -0.05) is 64.7 Å². The van der Waals surface area contributed by atoms with Crippen LogP contribution in [0.4, 0.5) is 0 Å². The largest absolute Gasteiger partial charge is 0.356 e. The van der Waals surface area contributed by atoms with E-state index in [1.54, 1.807) is 14.2 Å². The number of unbranched alkanes of at least 4 members (excludes halogenated alkanes) is 10. The standard InChI is InChI=1S/C20H40O3/c1-4-5-6-13-16-19(21)17-14-11-9-7-8-10-12-15-18-20(22-2)23-3/h20H,4-18H2,1-3H3. The van der Waals surface area contributed by atoms with E-state index in [1.165, 1.54) is 64.2 Å². The molecule has 0 aromatic rings.